The van der Waals surface area contributed by atoms with Crippen molar-refractivity contribution in [2.45, 2.75) is 62.9 Å². The number of carbonyl (C=O) groups excluding carboxylic acids is 5. The van der Waals surface area contributed by atoms with E-state index in [2.05, 4.69) is 28.6 Å². The molecule has 5 atom stereocenters. The predicted octanol–water partition coefficient (Wildman–Crippen LogP) is -4.31. The molecule has 0 aliphatic heterocycles. The molecule has 0 bridgehead atoms. The second-order valence-corrected chi connectivity index (χ2v) is 7.35. The van der Waals surface area contributed by atoms with Gasteiger partial charge in [-0.15, -0.1) is 0 Å². The fourth-order valence-electron chi connectivity index (χ4n) is 2.37. The third-order valence-corrected chi connectivity index (χ3v) is 4.58. The Labute approximate surface area is 189 Å². The lowest BCUT2D eigenvalue weighted by atomic mass is 10.1. The molecular formula is C17H30N6O8S. The molecule has 0 rings (SSSR count). The minimum atomic E-state index is -1.51. The number of nitrogens with two attached hydrogens (primary N) is 3. The van der Waals surface area contributed by atoms with Gasteiger partial charge in [-0.05, 0) is 19.8 Å². The maximum atomic E-state index is 12.5. The van der Waals surface area contributed by atoms with Gasteiger partial charge in [0.25, 0.3) is 0 Å². The molecule has 0 aromatic rings. The molecule has 0 spiro atoms. The summed E-state index contributed by atoms with van der Waals surface area (Å²) < 4.78 is 0. The average Bonchev–Trinajstić information content (AvgIpc) is 2.69. The van der Waals surface area contributed by atoms with Gasteiger partial charge < -0.3 is 43.4 Å². The maximum absolute atomic E-state index is 12.5. The summed E-state index contributed by atoms with van der Waals surface area (Å²) in [6, 6.07) is -5.46. The number of rotatable bonds is 15. The van der Waals surface area contributed by atoms with Crippen LogP contribution in [0.25, 0.3) is 0 Å². The normalized spacial score (nSPS) is 15.4. The SMILES string of the molecule is CC(O)C(NC(=O)C(N)CCC(N)=O)C(=O)NC(CS)C(=O)NC(CCC(N)=O)C(=O)O. The van der Waals surface area contributed by atoms with Gasteiger partial charge in [-0.25, -0.2) is 4.79 Å². The van der Waals surface area contributed by atoms with Crippen LogP contribution in [0.1, 0.15) is 32.6 Å². The van der Waals surface area contributed by atoms with Crippen LogP contribution in [0.5, 0.6) is 0 Å². The molecule has 32 heavy (non-hydrogen) atoms. The van der Waals surface area contributed by atoms with Gasteiger partial charge in [0, 0.05) is 18.6 Å². The summed E-state index contributed by atoms with van der Waals surface area (Å²) in [5.74, 6) is -5.81. The molecular weight excluding hydrogens is 448 g/mol. The molecule has 0 fully saturated rings. The molecule has 0 saturated heterocycles. The largest absolute Gasteiger partial charge is 0.480 e. The number of amides is 5. The third kappa shape index (κ3) is 10.9. The number of primary amides is 2. The molecule has 0 aromatic carbocycles. The second-order valence-electron chi connectivity index (χ2n) is 6.99. The first-order valence-electron chi connectivity index (χ1n) is 9.55. The molecule has 5 unspecified atom stereocenters. The van der Waals surface area contributed by atoms with Gasteiger partial charge in [0.05, 0.1) is 12.1 Å². The number of nitrogens with one attached hydrogen (secondary N) is 3. The zero-order chi connectivity index (χ0) is 25.0. The zero-order valence-electron chi connectivity index (χ0n) is 17.4. The van der Waals surface area contributed by atoms with E-state index in [1.165, 1.54) is 6.92 Å². The van der Waals surface area contributed by atoms with Gasteiger partial charge >= 0.3 is 5.97 Å². The van der Waals surface area contributed by atoms with Crippen LogP contribution in [0.2, 0.25) is 0 Å². The van der Waals surface area contributed by atoms with E-state index in [0.29, 0.717) is 0 Å². The van der Waals surface area contributed by atoms with Gasteiger partial charge in [-0.2, -0.15) is 12.6 Å². The summed E-state index contributed by atoms with van der Waals surface area (Å²) >= 11 is 3.95. The molecule has 11 N–H and O–H groups in total. The van der Waals surface area contributed by atoms with Crippen LogP contribution < -0.4 is 33.2 Å². The standard InChI is InChI=1S/C17H30N6O8S/c1-7(24)13(23-14(27)8(18)2-4-11(19)25)16(29)22-10(6-32)15(28)21-9(17(30)31)3-5-12(20)26/h7-10,13,24,32H,2-6,18H2,1H3,(H2,19,25)(H2,20,26)(H,21,28)(H,22,29)(H,23,27)(H,30,31). The fourth-order valence-corrected chi connectivity index (χ4v) is 2.62. The lowest BCUT2D eigenvalue weighted by Crippen LogP contribution is -2.60. The molecule has 14 nitrogen and oxygen atoms in total. The number of aliphatic hydroxyl groups excluding tert-OH is 1. The predicted molar refractivity (Wildman–Crippen MR) is 114 cm³/mol. The summed E-state index contributed by atoms with van der Waals surface area (Å²) in [5.41, 5.74) is 15.6. The van der Waals surface area contributed by atoms with Crippen molar-refractivity contribution >= 4 is 48.1 Å². The van der Waals surface area contributed by atoms with E-state index in [-0.39, 0.29) is 31.4 Å². The zero-order valence-corrected chi connectivity index (χ0v) is 18.3. The van der Waals surface area contributed by atoms with Crippen molar-refractivity contribution in [2.75, 3.05) is 5.75 Å². The highest BCUT2D eigenvalue weighted by Gasteiger charge is 2.32. The second kappa shape index (κ2) is 14.2. The van der Waals surface area contributed by atoms with Gasteiger partial charge in [0.1, 0.15) is 18.1 Å². The van der Waals surface area contributed by atoms with Crippen LogP contribution in [-0.4, -0.2) is 81.7 Å². The van der Waals surface area contributed by atoms with Crippen molar-refractivity contribution in [1.29, 1.82) is 0 Å². The van der Waals surface area contributed by atoms with Gasteiger partial charge in [0.2, 0.25) is 29.5 Å². The molecule has 0 aromatic heterocycles. The Kier molecular flexibility index (Phi) is 12.9. The van der Waals surface area contributed by atoms with E-state index in [1.807, 2.05) is 0 Å². The minimum Gasteiger partial charge on any atom is -0.480 e. The maximum Gasteiger partial charge on any atom is 0.326 e. The van der Waals surface area contributed by atoms with E-state index in [1.54, 1.807) is 0 Å². The smallest absolute Gasteiger partial charge is 0.326 e. The minimum absolute atomic E-state index is 0.0845. The van der Waals surface area contributed by atoms with Gasteiger partial charge in [-0.3, -0.25) is 24.0 Å². The highest BCUT2D eigenvalue weighted by Crippen LogP contribution is 2.02. The Hall–Kier alpha value is -2.91. The number of thiol groups is 1. The summed E-state index contributed by atoms with van der Waals surface area (Å²) in [7, 11) is 0. The lowest BCUT2D eigenvalue weighted by molar-refractivity contribution is -0.142. The van der Waals surface area contributed by atoms with Crippen LogP contribution in [0, 0.1) is 0 Å². The van der Waals surface area contributed by atoms with E-state index >= 15 is 0 Å². The number of aliphatic carboxylic acids is 1. The van der Waals surface area contributed by atoms with E-state index < -0.39 is 65.8 Å². The molecule has 0 aliphatic carbocycles. The van der Waals surface area contributed by atoms with Gasteiger partial charge in [-0.1, -0.05) is 0 Å². The summed E-state index contributed by atoms with van der Waals surface area (Å²) in [6.45, 7) is 1.21. The van der Waals surface area contributed by atoms with E-state index in [9.17, 15) is 33.9 Å². The molecule has 0 saturated carbocycles. The number of carbonyl (C=O) groups is 6. The quantitative estimate of drug-likeness (QED) is 0.103. The number of carboxylic acids is 1. The van der Waals surface area contributed by atoms with E-state index in [4.69, 9.17) is 22.3 Å². The Morgan fingerprint density at radius 1 is 0.844 bits per heavy atom. The number of hydrogen-bond acceptors (Lipinski definition) is 9. The average molecular weight is 479 g/mol. The fraction of sp³-hybridized carbons (Fsp3) is 0.647. The van der Waals surface area contributed by atoms with Gasteiger partial charge in [0.15, 0.2) is 0 Å². The van der Waals surface area contributed by atoms with Crippen LogP contribution in [0.4, 0.5) is 0 Å². The van der Waals surface area contributed by atoms with Crippen molar-refractivity contribution < 1.29 is 39.0 Å². The van der Waals surface area contributed by atoms with Crippen molar-refractivity contribution in [2.24, 2.45) is 17.2 Å². The lowest BCUT2D eigenvalue weighted by Gasteiger charge is -2.25. The van der Waals surface area contributed by atoms with Crippen LogP contribution in [-0.2, 0) is 28.8 Å². The Bertz CT molecular complexity index is 719. The Morgan fingerprint density at radius 3 is 1.78 bits per heavy atom. The first kappa shape index (κ1) is 29.1. The monoisotopic (exact) mass is 478 g/mol. The number of aliphatic hydroxyl groups is 1. The summed E-state index contributed by atoms with van der Waals surface area (Å²) in [5, 5.41) is 25.7. The first-order chi connectivity index (χ1) is 14.8. The van der Waals surface area contributed by atoms with Crippen LogP contribution in [0.15, 0.2) is 0 Å². The molecule has 0 aliphatic rings. The Balaban J connectivity index is 5.14. The molecule has 5 amide bonds. The van der Waals surface area contributed by atoms with E-state index in [0.717, 1.165) is 0 Å². The van der Waals surface area contributed by atoms with Crippen LogP contribution >= 0.6 is 12.6 Å². The summed E-state index contributed by atoms with van der Waals surface area (Å²) in [4.78, 5) is 70.0. The number of carboxylic acid groups (broad SMARTS) is 1. The highest BCUT2D eigenvalue weighted by molar-refractivity contribution is 7.80. The van der Waals surface area contributed by atoms with Crippen molar-refractivity contribution in [1.82, 2.24) is 16.0 Å². The van der Waals surface area contributed by atoms with Crippen molar-refractivity contribution in [3.05, 3.63) is 0 Å². The molecule has 182 valence electrons. The first-order valence-corrected chi connectivity index (χ1v) is 10.2. The summed E-state index contributed by atoms with van der Waals surface area (Å²) in [6.07, 6.45) is -2.20. The molecule has 0 radical (unpaired) electrons. The Morgan fingerprint density at radius 2 is 1.34 bits per heavy atom. The van der Waals surface area contributed by atoms with Crippen LogP contribution in [0.3, 0.4) is 0 Å². The highest BCUT2D eigenvalue weighted by atomic mass is 32.1. The third-order valence-electron chi connectivity index (χ3n) is 4.21. The topological polar surface area (TPSA) is 257 Å². The van der Waals surface area contributed by atoms with Crippen molar-refractivity contribution in [3.63, 3.8) is 0 Å². The van der Waals surface area contributed by atoms with Crippen molar-refractivity contribution in [3.8, 4) is 0 Å². The molecule has 0 heterocycles. The number of hydrogen-bond donors (Lipinski definition) is 9. The molecule has 15 heteroatoms.